The third kappa shape index (κ3) is 3.63. The van der Waals surface area contributed by atoms with Gasteiger partial charge in [-0.2, -0.15) is 0 Å². The smallest absolute Gasteiger partial charge is 0.268 e. The minimum Gasteiger partial charge on any atom is -0.370 e. The van der Waals surface area contributed by atoms with Crippen molar-refractivity contribution in [1.29, 1.82) is 0 Å². The third-order valence-corrected chi connectivity index (χ3v) is 3.17. The number of anilines is 1. The Balaban J connectivity index is 2.26. The number of hydrogen-bond donors (Lipinski definition) is 1. The van der Waals surface area contributed by atoms with Crippen molar-refractivity contribution in [3.05, 3.63) is 44.9 Å². The fourth-order valence-electron chi connectivity index (χ4n) is 1.73. The van der Waals surface area contributed by atoms with Crippen LogP contribution in [-0.4, -0.2) is 26.1 Å². The van der Waals surface area contributed by atoms with E-state index in [-0.39, 0.29) is 5.56 Å². The Morgan fingerprint density at radius 3 is 2.95 bits per heavy atom. The number of nitrogens with zero attached hydrogens (tertiary/aromatic N) is 4. The van der Waals surface area contributed by atoms with Crippen molar-refractivity contribution < 1.29 is 0 Å². The highest BCUT2D eigenvalue weighted by atomic mass is 79.9. The average Bonchev–Trinajstić information content (AvgIpc) is 2.41. The Morgan fingerprint density at radius 1 is 1.40 bits per heavy atom. The molecular formula is C13H16BrN5O. The Labute approximate surface area is 125 Å². The Hall–Kier alpha value is -1.76. The molecule has 2 aromatic heterocycles. The van der Waals surface area contributed by atoms with E-state index in [0.29, 0.717) is 16.8 Å². The standard InChI is InChI=1S/C13H16BrN5O/c1-3-4-16-11-5-9(2)17-12(18-11)7-19-8-15-6-10(14)13(19)20/h5-6,8H,3-4,7H2,1-2H3,(H,16,17,18). The molecule has 20 heavy (non-hydrogen) atoms. The first-order valence-electron chi connectivity index (χ1n) is 6.38. The number of aryl methyl sites for hydroxylation is 1. The van der Waals surface area contributed by atoms with Crippen molar-refractivity contribution in [2.45, 2.75) is 26.8 Å². The monoisotopic (exact) mass is 337 g/mol. The zero-order chi connectivity index (χ0) is 14.5. The first-order valence-corrected chi connectivity index (χ1v) is 7.18. The van der Waals surface area contributed by atoms with E-state index < -0.39 is 0 Å². The molecule has 0 aliphatic rings. The van der Waals surface area contributed by atoms with E-state index in [1.807, 2.05) is 13.0 Å². The van der Waals surface area contributed by atoms with Crippen LogP contribution in [0.15, 0.2) is 27.9 Å². The molecule has 1 N–H and O–H groups in total. The topological polar surface area (TPSA) is 72.7 Å². The highest BCUT2D eigenvalue weighted by Gasteiger charge is 2.06. The van der Waals surface area contributed by atoms with Gasteiger partial charge in [-0.3, -0.25) is 9.36 Å². The molecule has 0 amide bonds. The second-order valence-electron chi connectivity index (χ2n) is 4.41. The molecule has 0 unspecified atom stereocenters. The van der Waals surface area contributed by atoms with E-state index >= 15 is 0 Å². The SMILES string of the molecule is CCCNc1cc(C)nc(Cn2cncc(Br)c2=O)n1. The summed E-state index contributed by atoms with van der Waals surface area (Å²) in [6.45, 7) is 5.15. The predicted octanol–water partition coefficient (Wildman–Crippen LogP) is 1.97. The van der Waals surface area contributed by atoms with Crippen molar-refractivity contribution in [3.8, 4) is 0 Å². The zero-order valence-electron chi connectivity index (χ0n) is 11.4. The maximum absolute atomic E-state index is 11.9. The zero-order valence-corrected chi connectivity index (χ0v) is 13.0. The Morgan fingerprint density at radius 2 is 2.20 bits per heavy atom. The Bertz CT molecular complexity index is 655. The number of hydrogen-bond acceptors (Lipinski definition) is 5. The molecule has 6 nitrogen and oxygen atoms in total. The van der Waals surface area contributed by atoms with E-state index in [4.69, 9.17) is 0 Å². The first-order chi connectivity index (χ1) is 9.60. The molecule has 2 rings (SSSR count). The van der Waals surface area contributed by atoms with E-state index in [1.54, 1.807) is 0 Å². The molecule has 0 radical (unpaired) electrons. The largest absolute Gasteiger partial charge is 0.370 e. The first kappa shape index (κ1) is 14.6. The fourth-order valence-corrected chi connectivity index (χ4v) is 2.08. The molecule has 2 aromatic rings. The molecule has 0 fully saturated rings. The molecule has 0 spiro atoms. The lowest BCUT2D eigenvalue weighted by Crippen LogP contribution is -2.22. The summed E-state index contributed by atoms with van der Waals surface area (Å²) in [7, 11) is 0. The minimum atomic E-state index is -0.145. The highest BCUT2D eigenvalue weighted by Crippen LogP contribution is 2.07. The van der Waals surface area contributed by atoms with Crippen LogP contribution in [0.1, 0.15) is 24.9 Å². The van der Waals surface area contributed by atoms with Crippen LogP contribution in [0.5, 0.6) is 0 Å². The van der Waals surface area contributed by atoms with Crippen LogP contribution in [-0.2, 0) is 6.54 Å². The maximum atomic E-state index is 11.9. The summed E-state index contributed by atoms with van der Waals surface area (Å²) < 4.78 is 1.90. The van der Waals surface area contributed by atoms with Gasteiger partial charge in [0.1, 0.15) is 10.3 Å². The van der Waals surface area contributed by atoms with Crippen LogP contribution in [0.4, 0.5) is 5.82 Å². The van der Waals surface area contributed by atoms with Gasteiger partial charge in [0.25, 0.3) is 5.56 Å². The lowest BCUT2D eigenvalue weighted by Gasteiger charge is -2.09. The normalized spacial score (nSPS) is 10.6. The molecule has 7 heteroatoms. The fraction of sp³-hybridized carbons (Fsp3) is 0.385. The van der Waals surface area contributed by atoms with Gasteiger partial charge in [0.05, 0.1) is 12.9 Å². The maximum Gasteiger partial charge on any atom is 0.268 e. The molecule has 0 atom stereocenters. The minimum absolute atomic E-state index is 0.145. The van der Waals surface area contributed by atoms with Gasteiger partial charge in [0.15, 0.2) is 5.82 Å². The van der Waals surface area contributed by atoms with Gasteiger partial charge >= 0.3 is 0 Å². The van der Waals surface area contributed by atoms with E-state index in [0.717, 1.165) is 24.5 Å². The molecule has 106 valence electrons. The van der Waals surface area contributed by atoms with Crippen molar-refractivity contribution in [1.82, 2.24) is 19.5 Å². The molecule has 0 saturated carbocycles. The molecule has 0 bridgehead atoms. The molecule has 0 saturated heterocycles. The average molecular weight is 338 g/mol. The lowest BCUT2D eigenvalue weighted by atomic mass is 10.4. The summed E-state index contributed by atoms with van der Waals surface area (Å²) in [5.41, 5.74) is 0.720. The third-order valence-electron chi connectivity index (χ3n) is 2.63. The summed E-state index contributed by atoms with van der Waals surface area (Å²) >= 11 is 3.17. The number of aromatic nitrogens is 4. The van der Waals surface area contributed by atoms with E-state index in [1.165, 1.54) is 17.1 Å². The number of nitrogens with one attached hydrogen (secondary N) is 1. The van der Waals surface area contributed by atoms with Crippen molar-refractivity contribution >= 4 is 21.7 Å². The molecule has 0 aliphatic carbocycles. The summed E-state index contributed by atoms with van der Waals surface area (Å²) in [5.74, 6) is 1.37. The van der Waals surface area contributed by atoms with Gasteiger partial charge in [-0.25, -0.2) is 15.0 Å². The van der Waals surface area contributed by atoms with Crippen LogP contribution in [0.25, 0.3) is 0 Å². The lowest BCUT2D eigenvalue weighted by molar-refractivity contribution is 0.690. The summed E-state index contributed by atoms with van der Waals surface area (Å²) in [6.07, 6.45) is 3.98. The summed E-state index contributed by atoms with van der Waals surface area (Å²) in [6, 6.07) is 1.89. The van der Waals surface area contributed by atoms with Crippen molar-refractivity contribution in [2.75, 3.05) is 11.9 Å². The van der Waals surface area contributed by atoms with Crippen LogP contribution in [0.3, 0.4) is 0 Å². The second-order valence-corrected chi connectivity index (χ2v) is 5.27. The number of halogens is 1. The molecular weight excluding hydrogens is 322 g/mol. The van der Waals surface area contributed by atoms with Gasteiger partial charge in [0, 0.05) is 24.5 Å². The number of rotatable bonds is 5. The summed E-state index contributed by atoms with van der Waals surface area (Å²) in [5, 5.41) is 3.22. The summed E-state index contributed by atoms with van der Waals surface area (Å²) in [4.78, 5) is 24.7. The molecule has 2 heterocycles. The van der Waals surface area contributed by atoms with Crippen LogP contribution in [0.2, 0.25) is 0 Å². The predicted molar refractivity (Wildman–Crippen MR) is 80.8 cm³/mol. The second kappa shape index (κ2) is 6.60. The molecule has 0 aromatic carbocycles. The van der Waals surface area contributed by atoms with E-state index in [9.17, 15) is 4.79 Å². The van der Waals surface area contributed by atoms with Gasteiger partial charge < -0.3 is 5.32 Å². The van der Waals surface area contributed by atoms with Gasteiger partial charge in [-0.1, -0.05) is 6.92 Å². The van der Waals surface area contributed by atoms with Gasteiger partial charge in [-0.05, 0) is 29.3 Å². The van der Waals surface area contributed by atoms with Crippen LogP contribution < -0.4 is 10.9 Å². The van der Waals surface area contributed by atoms with Gasteiger partial charge in [0.2, 0.25) is 0 Å². The van der Waals surface area contributed by atoms with Gasteiger partial charge in [-0.15, -0.1) is 0 Å². The van der Waals surface area contributed by atoms with Crippen LogP contribution in [0, 0.1) is 6.92 Å². The van der Waals surface area contributed by atoms with Crippen LogP contribution >= 0.6 is 15.9 Å². The molecule has 0 aliphatic heterocycles. The quantitative estimate of drug-likeness (QED) is 0.902. The van der Waals surface area contributed by atoms with E-state index in [2.05, 4.69) is 43.1 Å². The van der Waals surface area contributed by atoms with Crippen molar-refractivity contribution in [3.63, 3.8) is 0 Å². The van der Waals surface area contributed by atoms with Crippen molar-refractivity contribution in [2.24, 2.45) is 0 Å². The highest BCUT2D eigenvalue weighted by molar-refractivity contribution is 9.10. The Kier molecular flexibility index (Phi) is 4.84.